The van der Waals surface area contributed by atoms with E-state index in [1.54, 1.807) is 0 Å². The van der Waals surface area contributed by atoms with E-state index in [9.17, 15) is 4.79 Å². The largest absolute Gasteiger partial charge is 0.409 e. The van der Waals surface area contributed by atoms with Crippen LogP contribution in [0, 0.1) is 5.41 Å². The highest BCUT2D eigenvalue weighted by Crippen LogP contribution is 2.27. The Kier molecular flexibility index (Phi) is 3.89. The van der Waals surface area contributed by atoms with Crippen molar-refractivity contribution in [2.24, 2.45) is 5.41 Å². The zero-order valence-corrected chi connectivity index (χ0v) is 10.1. The van der Waals surface area contributed by atoms with Crippen LogP contribution in [0.15, 0.2) is 12.7 Å². The Balaban J connectivity index is 4.76. The average molecular weight is 200 g/mol. The normalized spacial score (nSPS) is 14.7. The van der Waals surface area contributed by atoms with E-state index < -0.39 is 0 Å². The number of rotatable bonds is 3. The van der Waals surface area contributed by atoms with Gasteiger partial charge in [-0.1, -0.05) is 27.4 Å². The molecule has 0 aliphatic carbocycles. The zero-order valence-electron chi connectivity index (χ0n) is 10.1. The molecule has 82 valence electrons. The van der Waals surface area contributed by atoms with Gasteiger partial charge in [-0.2, -0.15) is 0 Å². The molecule has 0 aliphatic heterocycles. The van der Waals surface area contributed by atoms with Gasteiger partial charge in [0.15, 0.2) is 0 Å². The number of hydrogen-bond acceptors (Lipinski definition) is 2. The fourth-order valence-corrected chi connectivity index (χ4v) is 1.65. The minimum absolute atomic E-state index is 0.0864. The van der Waals surface area contributed by atoms with E-state index in [1.165, 1.54) is 6.08 Å². The lowest BCUT2D eigenvalue weighted by molar-refractivity contribution is -0.924. The van der Waals surface area contributed by atoms with Crippen molar-refractivity contribution < 1.29 is 14.0 Å². The first-order chi connectivity index (χ1) is 6.09. The molecule has 0 saturated heterocycles. The van der Waals surface area contributed by atoms with Crippen LogP contribution in [0.25, 0.3) is 0 Å². The summed E-state index contributed by atoms with van der Waals surface area (Å²) in [5.74, 6) is -0.363. The molecule has 0 aromatic rings. The molecule has 1 unspecified atom stereocenters. The molecule has 0 bridgehead atoms. The number of hydrogen-bond donors (Lipinski definition) is 0. The second-order valence-electron chi connectivity index (χ2n) is 5.48. The third-order valence-electron chi connectivity index (χ3n) is 1.84. The highest BCUT2D eigenvalue weighted by Gasteiger charge is 2.38. The topological polar surface area (TPSA) is 26.3 Å². The fourth-order valence-electron chi connectivity index (χ4n) is 1.65. The van der Waals surface area contributed by atoms with E-state index in [0.717, 1.165) is 0 Å². The van der Waals surface area contributed by atoms with Gasteiger partial charge in [-0.25, -0.2) is 4.79 Å². The van der Waals surface area contributed by atoms with Gasteiger partial charge in [-0.05, 0) is 0 Å². The Morgan fingerprint density at radius 3 is 2.00 bits per heavy atom. The van der Waals surface area contributed by atoms with Gasteiger partial charge in [-0.15, -0.1) is 0 Å². The van der Waals surface area contributed by atoms with Crippen molar-refractivity contribution in [2.75, 3.05) is 21.1 Å². The summed E-state index contributed by atoms with van der Waals surface area (Å²) in [5.41, 5.74) is -0.0864. The fraction of sp³-hybridized carbons (Fsp3) is 0.727. The van der Waals surface area contributed by atoms with Crippen molar-refractivity contribution in [3.8, 4) is 0 Å². The maximum absolute atomic E-state index is 11.2. The minimum Gasteiger partial charge on any atom is -0.409 e. The third kappa shape index (κ3) is 3.92. The SMILES string of the molecule is C=CC(=O)OC(C(C)(C)C)[N+](C)(C)C. The lowest BCUT2D eigenvalue weighted by Gasteiger charge is -2.40. The number of esters is 1. The van der Waals surface area contributed by atoms with Crippen LogP contribution < -0.4 is 0 Å². The van der Waals surface area contributed by atoms with Crippen LogP contribution in [0.2, 0.25) is 0 Å². The summed E-state index contributed by atoms with van der Waals surface area (Å²) in [7, 11) is 6.02. The number of carbonyl (C=O) groups is 1. The van der Waals surface area contributed by atoms with Gasteiger partial charge in [-0.3, -0.25) is 4.48 Å². The highest BCUT2D eigenvalue weighted by molar-refractivity contribution is 5.81. The number of carbonyl (C=O) groups excluding carboxylic acids is 1. The Hall–Kier alpha value is -0.830. The Morgan fingerprint density at radius 1 is 1.36 bits per heavy atom. The van der Waals surface area contributed by atoms with Gasteiger partial charge >= 0.3 is 5.97 Å². The van der Waals surface area contributed by atoms with Crippen molar-refractivity contribution in [2.45, 2.75) is 27.0 Å². The smallest absolute Gasteiger partial charge is 0.334 e. The van der Waals surface area contributed by atoms with Gasteiger partial charge in [0, 0.05) is 6.08 Å². The maximum atomic E-state index is 11.2. The first-order valence-electron chi connectivity index (χ1n) is 4.73. The first-order valence-corrected chi connectivity index (χ1v) is 4.73. The van der Waals surface area contributed by atoms with Crippen LogP contribution in [-0.2, 0) is 9.53 Å². The summed E-state index contributed by atoms with van der Waals surface area (Å²) in [4.78, 5) is 11.2. The van der Waals surface area contributed by atoms with Gasteiger partial charge in [0.05, 0.1) is 26.6 Å². The molecule has 0 fully saturated rings. The molecule has 0 rings (SSSR count). The van der Waals surface area contributed by atoms with Crippen molar-refractivity contribution in [3.63, 3.8) is 0 Å². The molecule has 0 heterocycles. The van der Waals surface area contributed by atoms with Gasteiger partial charge < -0.3 is 4.74 Å². The molecule has 3 nitrogen and oxygen atoms in total. The van der Waals surface area contributed by atoms with E-state index in [4.69, 9.17) is 4.74 Å². The summed E-state index contributed by atoms with van der Waals surface area (Å²) in [6.45, 7) is 9.56. The van der Waals surface area contributed by atoms with Crippen molar-refractivity contribution in [3.05, 3.63) is 12.7 Å². The van der Waals surface area contributed by atoms with E-state index in [2.05, 4.69) is 27.4 Å². The van der Waals surface area contributed by atoms with E-state index in [-0.39, 0.29) is 17.6 Å². The molecule has 0 radical (unpaired) electrons. The molecule has 0 saturated carbocycles. The molecule has 0 aromatic heterocycles. The van der Waals surface area contributed by atoms with Crippen LogP contribution in [-0.4, -0.2) is 37.8 Å². The second-order valence-corrected chi connectivity index (χ2v) is 5.48. The summed E-state index contributed by atoms with van der Waals surface area (Å²) in [6, 6.07) is 0. The molecular weight excluding hydrogens is 178 g/mol. The lowest BCUT2D eigenvalue weighted by Crippen LogP contribution is -2.54. The summed E-state index contributed by atoms with van der Waals surface area (Å²) < 4.78 is 5.93. The minimum atomic E-state index is -0.363. The van der Waals surface area contributed by atoms with Crippen LogP contribution in [0.3, 0.4) is 0 Å². The summed E-state index contributed by atoms with van der Waals surface area (Å²) in [6.07, 6.45) is 1.03. The number of nitrogens with zero attached hydrogens (tertiary/aromatic N) is 1. The number of quaternary nitrogens is 1. The van der Waals surface area contributed by atoms with Gasteiger partial charge in [0.2, 0.25) is 6.23 Å². The van der Waals surface area contributed by atoms with E-state index >= 15 is 0 Å². The standard InChI is InChI=1S/C11H22NO2/c1-8-9(13)14-10(11(2,3)4)12(5,6)7/h8,10H,1H2,2-7H3/q+1. The van der Waals surface area contributed by atoms with Gasteiger partial charge in [0.1, 0.15) is 0 Å². The monoisotopic (exact) mass is 200 g/mol. The number of ether oxygens (including phenoxy) is 1. The molecule has 0 aromatic carbocycles. The van der Waals surface area contributed by atoms with Crippen molar-refractivity contribution in [1.82, 2.24) is 0 Å². The lowest BCUT2D eigenvalue weighted by atomic mass is 9.92. The van der Waals surface area contributed by atoms with Crippen molar-refractivity contribution in [1.29, 1.82) is 0 Å². The molecule has 0 N–H and O–H groups in total. The Morgan fingerprint density at radius 2 is 1.79 bits per heavy atom. The summed E-state index contributed by atoms with van der Waals surface area (Å²) >= 11 is 0. The Labute approximate surface area is 86.9 Å². The van der Waals surface area contributed by atoms with Crippen LogP contribution >= 0.6 is 0 Å². The molecule has 14 heavy (non-hydrogen) atoms. The first kappa shape index (κ1) is 13.2. The predicted molar refractivity (Wildman–Crippen MR) is 57.6 cm³/mol. The quantitative estimate of drug-likeness (QED) is 0.300. The van der Waals surface area contributed by atoms with E-state index in [1.807, 2.05) is 21.1 Å². The molecule has 1 atom stereocenters. The Bertz CT molecular complexity index is 206. The van der Waals surface area contributed by atoms with Crippen LogP contribution in [0.1, 0.15) is 20.8 Å². The van der Waals surface area contributed by atoms with Crippen molar-refractivity contribution >= 4 is 5.97 Å². The maximum Gasteiger partial charge on any atom is 0.334 e. The highest BCUT2D eigenvalue weighted by atomic mass is 16.6. The average Bonchev–Trinajstić information content (AvgIpc) is 1.95. The molecular formula is C11H22NO2+. The third-order valence-corrected chi connectivity index (χ3v) is 1.84. The van der Waals surface area contributed by atoms with Crippen LogP contribution in [0.4, 0.5) is 0 Å². The molecule has 0 aliphatic rings. The molecule has 0 spiro atoms. The van der Waals surface area contributed by atoms with Gasteiger partial charge in [0.25, 0.3) is 0 Å². The molecule has 0 amide bonds. The predicted octanol–water partition coefficient (Wildman–Crippen LogP) is 1.79. The zero-order chi connectivity index (χ0) is 11.6. The van der Waals surface area contributed by atoms with Crippen LogP contribution in [0.5, 0.6) is 0 Å². The summed E-state index contributed by atoms with van der Waals surface area (Å²) in [5, 5.41) is 0. The molecule has 3 heteroatoms. The second kappa shape index (κ2) is 4.13. The van der Waals surface area contributed by atoms with E-state index in [0.29, 0.717) is 4.48 Å².